The van der Waals surface area contributed by atoms with Crippen LogP contribution in [0.1, 0.15) is 54.8 Å². The van der Waals surface area contributed by atoms with Gasteiger partial charge in [-0.2, -0.15) is 0 Å². The van der Waals surface area contributed by atoms with Gasteiger partial charge in [0.1, 0.15) is 5.70 Å². The Morgan fingerprint density at radius 1 is 0.635 bits per heavy atom. The molecular weight excluding hydrogens is 677 g/mol. The van der Waals surface area contributed by atoms with Crippen molar-refractivity contribution < 1.29 is 9.90 Å². The summed E-state index contributed by atoms with van der Waals surface area (Å²) in [6, 6.07) is 44.5. The zero-order valence-electron chi connectivity index (χ0n) is 29.4. The highest BCUT2D eigenvalue weighted by molar-refractivity contribution is 7.26. The molecule has 52 heavy (non-hydrogen) atoms. The lowest BCUT2D eigenvalue weighted by Crippen LogP contribution is -2.18. The van der Waals surface area contributed by atoms with E-state index in [1.165, 1.54) is 54.6 Å². The van der Waals surface area contributed by atoms with E-state index < -0.39 is 5.97 Å². The highest BCUT2D eigenvalue weighted by Gasteiger charge is 2.37. The predicted octanol–water partition coefficient (Wildman–Crippen LogP) is 12.8. The Hall–Kier alpha value is -5.56. The Labute approximate surface area is 311 Å². The molecule has 0 saturated carbocycles. The number of anilines is 3. The topological polar surface area (TPSA) is 52.9 Å². The number of nitrogens with zero attached hydrogens (tertiary/aromatic N) is 2. The van der Waals surface area contributed by atoms with E-state index >= 15 is 0 Å². The number of hydrogen-bond donors (Lipinski definition) is 1. The van der Waals surface area contributed by atoms with Crippen LogP contribution in [0.4, 0.5) is 17.1 Å². The molecule has 7 aromatic rings. The number of aliphatic imine (C=N–C) groups is 1. The number of fused-ring (bicyclic) bond motifs is 7. The molecule has 0 bridgehead atoms. The summed E-state index contributed by atoms with van der Waals surface area (Å²) in [5.41, 5.74) is 13.7. The van der Waals surface area contributed by atoms with Crippen molar-refractivity contribution in [1.82, 2.24) is 0 Å². The normalized spacial score (nSPS) is 14.8. The van der Waals surface area contributed by atoms with Crippen molar-refractivity contribution in [2.24, 2.45) is 4.99 Å². The number of carboxylic acid groups (broad SMARTS) is 1. The monoisotopic (exact) mass is 712 g/mol. The summed E-state index contributed by atoms with van der Waals surface area (Å²) in [6.45, 7) is 12.8. The van der Waals surface area contributed by atoms with Crippen LogP contribution in [0, 0.1) is 0 Å². The molecule has 2 heterocycles. The molecule has 0 amide bonds. The number of carbonyl (C=O) groups is 1. The first kappa shape index (κ1) is 32.4. The summed E-state index contributed by atoms with van der Waals surface area (Å²) in [4.78, 5) is 20.6. The Morgan fingerprint density at radius 2 is 1.17 bits per heavy atom. The maximum absolute atomic E-state index is 11.5. The van der Waals surface area contributed by atoms with E-state index in [1.807, 2.05) is 12.1 Å². The molecule has 2 aliphatic rings. The van der Waals surface area contributed by atoms with Gasteiger partial charge in [0.15, 0.2) is 0 Å². The largest absolute Gasteiger partial charge is 0.477 e. The lowest BCUT2D eigenvalue weighted by molar-refractivity contribution is -0.132. The Balaban J connectivity index is 1.18. The zero-order chi connectivity index (χ0) is 35.9. The maximum atomic E-state index is 11.5. The van der Waals surface area contributed by atoms with Gasteiger partial charge in [-0.05, 0) is 117 Å². The second kappa shape index (κ2) is 11.7. The molecule has 2 aromatic heterocycles. The van der Waals surface area contributed by atoms with Crippen molar-refractivity contribution >= 4 is 68.6 Å². The number of carboxylic acids is 1. The van der Waals surface area contributed by atoms with Crippen molar-refractivity contribution in [3.63, 3.8) is 0 Å². The summed E-state index contributed by atoms with van der Waals surface area (Å²) in [5.74, 6) is -1.09. The molecule has 2 aliphatic carbocycles. The van der Waals surface area contributed by atoms with Crippen molar-refractivity contribution in [2.75, 3.05) is 4.90 Å². The first-order chi connectivity index (χ1) is 25.0. The lowest BCUT2D eigenvalue weighted by Gasteiger charge is -2.29. The zero-order valence-corrected chi connectivity index (χ0v) is 31.0. The van der Waals surface area contributed by atoms with Crippen LogP contribution in [0.25, 0.3) is 48.2 Å². The number of thiophene rings is 2. The van der Waals surface area contributed by atoms with Crippen molar-refractivity contribution in [1.29, 1.82) is 0 Å². The van der Waals surface area contributed by atoms with Gasteiger partial charge in [-0.25, -0.2) is 4.79 Å². The Morgan fingerprint density at radius 3 is 1.75 bits per heavy atom. The van der Waals surface area contributed by atoms with Crippen LogP contribution in [0.3, 0.4) is 0 Å². The first-order valence-corrected chi connectivity index (χ1v) is 19.0. The van der Waals surface area contributed by atoms with Crippen LogP contribution in [-0.2, 0) is 15.6 Å². The molecule has 254 valence electrons. The van der Waals surface area contributed by atoms with Gasteiger partial charge in [0.2, 0.25) is 0 Å². The Bertz CT molecular complexity index is 2550. The lowest BCUT2D eigenvalue weighted by atomic mass is 9.82. The van der Waals surface area contributed by atoms with Crippen LogP contribution in [0.2, 0.25) is 0 Å². The number of aliphatic carboxylic acids is 1. The minimum absolute atomic E-state index is 0.0629. The summed E-state index contributed by atoms with van der Waals surface area (Å²) in [6.07, 6.45) is 1.57. The minimum atomic E-state index is -1.09. The van der Waals surface area contributed by atoms with Crippen molar-refractivity contribution in [2.45, 2.75) is 38.5 Å². The van der Waals surface area contributed by atoms with Gasteiger partial charge in [-0.1, -0.05) is 94.4 Å². The third kappa shape index (κ3) is 4.93. The summed E-state index contributed by atoms with van der Waals surface area (Å²) >= 11 is 3.30. The number of hydrogen-bond acceptors (Lipinski definition) is 5. The molecule has 0 fully saturated rings. The van der Waals surface area contributed by atoms with E-state index in [-0.39, 0.29) is 16.5 Å². The summed E-state index contributed by atoms with van der Waals surface area (Å²) in [7, 11) is 0. The molecule has 0 saturated heterocycles. The van der Waals surface area contributed by atoms with Crippen LogP contribution < -0.4 is 4.90 Å². The van der Waals surface area contributed by atoms with E-state index in [1.54, 1.807) is 28.7 Å². The van der Waals surface area contributed by atoms with Crippen LogP contribution in [0.5, 0.6) is 0 Å². The fraction of sp³-hybridized carbons (Fsp3) is 0.130. The van der Waals surface area contributed by atoms with E-state index in [2.05, 4.69) is 153 Å². The quantitative estimate of drug-likeness (QED) is 0.132. The summed E-state index contributed by atoms with van der Waals surface area (Å²) < 4.78 is 1.18. The molecule has 6 heteroatoms. The fourth-order valence-corrected chi connectivity index (χ4v) is 10.4. The van der Waals surface area contributed by atoms with Gasteiger partial charge >= 0.3 is 5.97 Å². The molecule has 0 radical (unpaired) electrons. The van der Waals surface area contributed by atoms with Gasteiger partial charge in [0.05, 0.1) is 0 Å². The number of benzene rings is 5. The molecule has 1 N–H and O–H groups in total. The van der Waals surface area contributed by atoms with Crippen LogP contribution in [0.15, 0.2) is 132 Å². The smallest absolute Gasteiger partial charge is 0.354 e. The van der Waals surface area contributed by atoms with Crippen LogP contribution >= 0.6 is 22.7 Å². The van der Waals surface area contributed by atoms with Gasteiger partial charge in [-0.15, -0.1) is 22.7 Å². The van der Waals surface area contributed by atoms with Gasteiger partial charge in [0.25, 0.3) is 0 Å². The average Bonchev–Trinajstić information content (AvgIpc) is 3.89. The van der Waals surface area contributed by atoms with Crippen molar-refractivity contribution in [3.8, 4) is 32.0 Å². The van der Waals surface area contributed by atoms with E-state index in [4.69, 9.17) is 0 Å². The van der Waals surface area contributed by atoms with Gasteiger partial charge in [0, 0.05) is 47.2 Å². The molecule has 0 aliphatic heterocycles. The number of rotatable bonds is 7. The highest BCUT2D eigenvalue weighted by atomic mass is 32.1. The van der Waals surface area contributed by atoms with E-state index in [9.17, 15) is 9.90 Å². The molecule has 0 atom stereocenters. The molecule has 5 aromatic carbocycles. The standard InChI is InChI=1S/C46H36N2O2S2/c1-45(2)36-12-8-6-10-32(36)34-19-16-28(23-38(34)45)48(29-17-20-35-33-11-7-9-13-37(33)46(3,4)39(35)24-29)30-15-14-27-22-43(52-42(27)25-30)41-21-18-31(51-41)26-40(47-5)44(49)50/h6-26H,5H2,1-4H3,(H,49,50)/b40-26-. The molecule has 0 unspecified atom stereocenters. The third-order valence-corrected chi connectivity index (χ3v) is 13.3. The predicted molar refractivity (Wildman–Crippen MR) is 220 cm³/mol. The summed E-state index contributed by atoms with van der Waals surface area (Å²) in [5, 5.41) is 10.6. The highest BCUT2D eigenvalue weighted by Crippen LogP contribution is 2.53. The van der Waals surface area contributed by atoms with Gasteiger partial charge < -0.3 is 10.0 Å². The maximum Gasteiger partial charge on any atom is 0.354 e. The van der Waals surface area contributed by atoms with E-state index in [0.717, 1.165) is 31.7 Å². The molecular formula is C46H36N2O2S2. The second-order valence-electron chi connectivity index (χ2n) is 14.7. The molecule has 4 nitrogen and oxygen atoms in total. The molecule has 9 rings (SSSR count). The Kier molecular flexibility index (Phi) is 7.30. The fourth-order valence-electron chi connectivity index (χ4n) is 8.26. The van der Waals surface area contributed by atoms with Gasteiger partial charge in [-0.3, -0.25) is 4.99 Å². The SMILES string of the molecule is C=N/C(=C\c1ccc(-c2cc3ccc(N(c4ccc5c(c4)C(C)(C)c4ccccc4-5)c4ccc5c(c4)C(C)(C)c4ccccc4-5)cc3s2)s1)C(=O)O. The average molecular weight is 713 g/mol. The molecule has 0 spiro atoms. The second-order valence-corrected chi connectivity index (χ2v) is 16.9. The first-order valence-electron chi connectivity index (χ1n) is 17.4. The minimum Gasteiger partial charge on any atom is -0.477 e. The van der Waals surface area contributed by atoms with E-state index in [0.29, 0.717) is 0 Å². The third-order valence-electron chi connectivity index (χ3n) is 11.0. The van der Waals surface area contributed by atoms with Crippen molar-refractivity contribution in [3.05, 3.63) is 154 Å². The van der Waals surface area contributed by atoms with Crippen LogP contribution in [-0.4, -0.2) is 17.8 Å².